The average Bonchev–Trinajstić information content (AvgIpc) is 2.78. The zero-order valence-electron chi connectivity index (χ0n) is 10.1. The molecule has 2 rings (SSSR count). The molecule has 1 N–H and O–H groups in total. The molecule has 0 bridgehead atoms. The first-order valence-corrected chi connectivity index (χ1v) is 6.19. The largest absolute Gasteiger partial charge is 0.245 e. The molecule has 0 aliphatic rings. The van der Waals surface area contributed by atoms with Crippen molar-refractivity contribution in [3.63, 3.8) is 0 Å². The molecular formula is C12H14N4S. The van der Waals surface area contributed by atoms with Gasteiger partial charge in [0.25, 0.3) is 0 Å². The van der Waals surface area contributed by atoms with Crippen molar-refractivity contribution in [2.75, 3.05) is 5.43 Å². The van der Waals surface area contributed by atoms with E-state index in [0.29, 0.717) is 5.95 Å². The lowest BCUT2D eigenvalue weighted by Crippen LogP contribution is -2.02. The van der Waals surface area contributed by atoms with Gasteiger partial charge in [-0.25, -0.2) is 15.4 Å². The van der Waals surface area contributed by atoms with Gasteiger partial charge in [-0.3, -0.25) is 0 Å². The molecule has 0 aliphatic heterocycles. The van der Waals surface area contributed by atoms with Crippen molar-refractivity contribution < 1.29 is 0 Å². The number of nitrogens with one attached hydrogen (secondary N) is 1. The van der Waals surface area contributed by atoms with Crippen LogP contribution < -0.4 is 5.43 Å². The van der Waals surface area contributed by atoms with E-state index in [9.17, 15) is 0 Å². The van der Waals surface area contributed by atoms with Gasteiger partial charge in [-0.05, 0) is 38.3 Å². The molecule has 0 spiro atoms. The fourth-order valence-electron chi connectivity index (χ4n) is 1.45. The summed E-state index contributed by atoms with van der Waals surface area (Å²) in [5.41, 5.74) is 5.69. The summed E-state index contributed by atoms with van der Waals surface area (Å²) >= 11 is 1.66. The number of rotatable bonds is 3. The van der Waals surface area contributed by atoms with Crippen LogP contribution in [0.2, 0.25) is 0 Å². The van der Waals surface area contributed by atoms with E-state index in [1.165, 1.54) is 0 Å². The Balaban J connectivity index is 2.14. The van der Waals surface area contributed by atoms with Gasteiger partial charge in [0.15, 0.2) is 0 Å². The highest BCUT2D eigenvalue weighted by Crippen LogP contribution is 2.10. The Bertz CT molecular complexity index is 511. The molecule has 2 aromatic rings. The second-order valence-electron chi connectivity index (χ2n) is 3.76. The van der Waals surface area contributed by atoms with Gasteiger partial charge in [0.05, 0.1) is 5.71 Å². The van der Waals surface area contributed by atoms with Crippen LogP contribution in [0.5, 0.6) is 0 Å². The summed E-state index contributed by atoms with van der Waals surface area (Å²) in [6, 6.07) is 5.97. The Morgan fingerprint density at radius 2 is 2.00 bits per heavy atom. The predicted molar refractivity (Wildman–Crippen MR) is 71.7 cm³/mol. The summed E-state index contributed by atoms with van der Waals surface area (Å²) in [5, 5.41) is 6.30. The van der Waals surface area contributed by atoms with Crippen molar-refractivity contribution in [2.24, 2.45) is 5.10 Å². The van der Waals surface area contributed by atoms with Gasteiger partial charge in [-0.1, -0.05) is 6.07 Å². The van der Waals surface area contributed by atoms with Gasteiger partial charge in [-0.2, -0.15) is 5.10 Å². The fourth-order valence-corrected chi connectivity index (χ4v) is 2.13. The van der Waals surface area contributed by atoms with Crippen molar-refractivity contribution in [1.29, 1.82) is 0 Å². The standard InChI is InChI=1S/C12H14N4S/c1-8-7-9(2)14-12(13-8)16-15-10(3)11-5-4-6-17-11/h4-7H,1-3H3,(H,13,14,16). The number of nitrogens with zero attached hydrogens (tertiary/aromatic N) is 3. The van der Waals surface area contributed by atoms with Crippen LogP contribution in [0.3, 0.4) is 0 Å². The summed E-state index contributed by atoms with van der Waals surface area (Å²) in [7, 11) is 0. The summed E-state index contributed by atoms with van der Waals surface area (Å²) < 4.78 is 0. The third-order valence-corrected chi connectivity index (χ3v) is 3.16. The molecule has 0 aliphatic carbocycles. The molecule has 88 valence electrons. The number of hydrazone groups is 1. The van der Waals surface area contributed by atoms with Crippen molar-refractivity contribution in [3.8, 4) is 0 Å². The molecule has 0 unspecified atom stereocenters. The zero-order chi connectivity index (χ0) is 12.3. The van der Waals surface area contributed by atoms with E-state index in [-0.39, 0.29) is 0 Å². The SMILES string of the molecule is CC(=NNc1nc(C)cc(C)n1)c1cccs1. The molecule has 0 amide bonds. The average molecular weight is 246 g/mol. The third kappa shape index (κ3) is 3.10. The van der Waals surface area contributed by atoms with Gasteiger partial charge >= 0.3 is 0 Å². The van der Waals surface area contributed by atoms with E-state index in [1.54, 1.807) is 11.3 Å². The summed E-state index contributed by atoms with van der Waals surface area (Å²) in [4.78, 5) is 9.66. The first-order chi connectivity index (χ1) is 8.15. The second kappa shape index (κ2) is 5.05. The van der Waals surface area contributed by atoms with Gasteiger partial charge in [0, 0.05) is 16.3 Å². The lowest BCUT2D eigenvalue weighted by atomic mass is 10.3. The molecule has 2 heterocycles. The van der Waals surface area contributed by atoms with Crippen LogP contribution in [0.4, 0.5) is 5.95 Å². The maximum Gasteiger partial charge on any atom is 0.243 e. The molecule has 4 nitrogen and oxygen atoms in total. The van der Waals surface area contributed by atoms with E-state index < -0.39 is 0 Å². The number of aromatic nitrogens is 2. The Kier molecular flexibility index (Phi) is 3.49. The maximum absolute atomic E-state index is 4.27. The van der Waals surface area contributed by atoms with Gasteiger partial charge in [0.1, 0.15) is 0 Å². The molecule has 17 heavy (non-hydrogen) atoms. The van der Waals surface area contributed by atoms with Gasteiger partial charge in [-0.15, -0.1) is 11.3 Å². The van der Waals surface area contributed by atoms with Crippen LogP contribution in [-0.4, -0.2) is 15.7 Å². The topological polar surface area (TPSA) is 50.2 Å². The molecule has 2 aromatic heterocycles. The zero-order valence-corrected chi connectivity index (χ0v) is 10.9. The van der Waals surface area contributed by atoms with E-state index in [0.717, 1.165) is 22.0 Å². The van der Waals surface area contributed by atoms with Crippen LogP contribution in [-0.2, 0) is 0 Å². The summed E-state index contributed by atoms with van der Waals surface area (Å²) in [6.45, 7) is 5.84. The van der Waals surface area contributed by atoms with E-state index in [2.05, 4.69) is 20.5 Å². The highest BCUT2D eigenvalue weighted by atomic mass is 32.1. The van der Waals surface area contributed by atoms with E-state index in [4.69, 9.17) is 0 Å². The molecule has 0 atom stereocenters. The molecule has 0 radical (unpaired) electrons. The van der Waals surface area contributed by atoms with E-state index in [1.807, 2.05) is 44.4 Å². The molecule has 0 saturated carbocycles. The highest BCUT2D eigenvalue weighted by Gasteiger charge is 2.00. The number of aryl methyl sites for hydroxylation is 2. The number of hydrogen-bond donors (Lipinski definition) is 1. The van der Waals surface area contributed by atoms with E-state index >= 15 is 0 Å². The number of hydrogen-bond acceptors (Lipinski definition) is 5. The predicted octanol–water partition coefficient (Wildman–Crippen LogP) is 2.99. The van der Waals surface area contributed by atoms with Crippen molar-refractivity contribution >= 4 is 23.0 Å². The number of thiophene rings is 1. The minimum atomic E-state index is 0.540. The first kappa shape index (κ1) is 11.7. The van der Waals surface area contributed by atoms with Crippen LogP contribution in [0, 0.1) is 13.8 Å². The molecule has 0 aromatic carbocycles. The summed E-state index contributed by atoms with van der Waals surface area (Å²) in [5.74, 6) is 0.540. The quantitative estimate of drug-likeness (QED) is 0.669. The normalized spacial score (nSPS) is 11.6. The van der Waals surface area contributed by atoms with Crippen LogP contribution in [0.15, 0.2) is 28.7 Å². The van der Waals surface area contributed by atoms with Crippen molar-refractivity contribution in [3.05, 3.63) is 39.8 Å². The fraction of sp³-hybridized carbons (Fsp3) is 0.250. The number of anilines is 1. The third-order valence-electron chi connectivity index (χ3n) is 2.18. The lowest BCUT2D eigenvalue weighted by molar-refractivity contribution is 1.03. The smallest absolute Gasteiger partial charge is 0.243 e. The Morgan fingerprint density at radius 3 is 2.59 bits per heavy atom. The minimum Gasteiger partial charge on any atom is -0.245 e. The monoisotopic (exact) mass is 246 g/mol. The van der Waals surface area contributed by atoms with Crippen LogP contribution >= 0.6 is 11.3 Å². The lowest BCUT2D eigenvalue weighted by Gasteiger charge is -2.02. The summed E-state index contributed by atoms with van der Waals surface area (Å²) in [6.07, 6.45) is 0. The second-order valence-corrected chi connectivity index (χ2v) is 4.71. The first-order valence-electron chi connectivity index (χ1n) is 5.31. The Hall–Kier alpha value is -1.75. The van der Waals surface area contributed by atoms with Crippen LogP contribution in [0.25, 0.3) is 0 Å². The van der Waals surface area contributed by atoms with Crippen LogP contribution in [0.1, 0.15) is 23.2 Å². The highest BCUT2D eigenvalue weighted by molar-refractivity contribution is 7.12. The molecule has 0 saturated heterocycles. The van der Waals surface area contributed by atoms with Crippen molar-refractivity contribution in [1.82, 2.24) is 9.97 Å². The van der Waals surface area contributed by atoms with Gasteiger partial charge < -0.3 is 0 Å². The molecule has 0 fully saturated rings. The Morgan fingerprint density at radius 1 is 1.29 bits per heavy atom. The van der Waals surface area contributed by atoms with Gasteiger partial charge in [0.2, 0.25) is 5.95 Å². The minimum absolute atomic E-state index is 0.540. The molecular weight excluding hydrogens is 232 g/mol. The molecule has 5 heteroatoms. The maximum atomic E-state index is 4.27. The Labute approximate surface area is 104 Å². The van der Waals surface area contributed by atoms with Crippen molar-refractivity contribution in [2.45, 2.75) is 20.8 Å².